The maximum absolute atomic E-state index is 12.4. The summed E-state index contributed by atoms with van der Waals surface area (Å²) in [6.45, 7) is 9.42. The average Bonchev–Trinajstić information content (AvgIpc) is 3.36. The van der Waals surface area contributed by atoms with E-state index in [9.17, 15) is 4.79 Å². The second-order valence-corrected chi connectivity index (χ2v) is 9.00. The summed E-state index contributed by atoms with van der Waals surface area (Å²) < 4.78 is 11.3. The van der Waals surface area contributed by atoms with Crippen LogP contribution in [0.15, 0.2) is 40.9 Å². The summed E-state index contributed by atoms with van der Waals surface area (Å²) in [5, 5.41) is 6.19. The number of anilines is 3. The van der Waals surface area contributed by atoms with Crippen LogP contribution in [0, 0.1) is 12.8 Å². The monoisotopic (exact) mass is 449 g/mol. The Morgan fingerprint density at radius 1 is 1.30 bits per heavy atom. The number of nitrogens with one attached hydrogen (secondary N) is 2. The van der Waals surface area contributed by atoms with Crippen LogP contribution in [-0.4, -0.2) is 35.7 Å². The molecule has 3 heterocycles. The molecule has 3 aromatic rings. The Kier molecular flexibility index (Phi) is 6.65. The summed E-state index contributed by atoms with van der Waals surface area (Å²) in [6.07, 6.45) is 2.50. The number of hydrogen-bond donors (Lipinski definition) is 2. The summed E-state index contributed by atoms with van der Waals surface area (Å²) in [5.74, 6) is 1.67. The number of amides is 2. The molecule has 33 heavy (non-hydrogen) atoms. The molecule has 8 nitrogen and oxygen atoms in total. The highest BCUT2D eigenvalue weighted by Crippen LogP contribution is 2.30. The summed E-state index contributed by atoms with van der Waals surface area (Å²) >= 11 is 0. The Bertz CT molecular complexity index is 1140. The van der Waals surface area contributed by atoms with Gasteiger partial charge in [0.25, 0.3) is 6.01 Å². The zero-order valence-electron chi connectivity index (χ0n) is 19.8. The number of oxazole rings is 1. The first kappa shape index (κ1) is 22.8. The molecule has 1 aliphatic rings. The van der Waals surface area contributed by atoms with Crippen molar-refractivity contribution < 1.29 is 13.9 Å². The molecular weight excluding hydrogens is 418 g/mol. The smallest absolute Gasteiger partial charge is 0.323 e. The van der Waals surface area contributed by atoms with Crippen LogP contribution in [0.5, 0.6) is 0 Å². The molecule has 1 aliphatic heterocycles. The molecular formula is C25H31N5O3. The van der Waals surface area contributed by atoms with Crippen molar-refractivity contribution in [2.75, 3.05) is 23.9 Å². The van der Waals surface area contributed by atoms with Gasteiger partial charge in [0.05, 0.1) is 12.8 Å². The maximum Gasteiger partial charge on any atom is 0.323 e. The number of nitrogens with zero attached hydrogens (tertiary/aromatic N) is 3. The van der Waals surface area contributed by atoms with Gasteiger partial charge in [-0.25, -0.2) is 14.8 Å². The quantitative estimate of drug-likeness (QED) is 0.500. The van der Waals surface area contributed by atoms with Gasteiger partial charge in [-0.3, -0.25) is 4.90 Å². The standard InChI is InChI=1S/C25H31N5O3/c1-15(2)8-20-10-19(11-23(28-20)30-13-17(4)27-25(30)31)22-12-26-24(33-22)29-21-9-18(14-32-5)7-6-16(21)3/h6-7,9-12,15,17H,8,13-14H2,1-5H3,(H,26,29)(H,27,31). The van der Waals surface area contributed by atoms with E-state index in [-0.39, 0.29) is 12.1 Å². The topological polar surface area (TPSA) is 92.5 Å². The largest absolute Gasteiger partial charge is 0.423 e. The van der Waals surface area contributed by atoms with Crippen molar-refractivity contribution in [3.8, 4) is 11.3 Å². The number of carbonyl (C=O) groups excluding carboxylic acids is 1. The molecule has 0 radical (unpaired) electrons. The van der Waals surface area contributed by atoms with Crippen LogP contribution in [-0.2, 0) is 17.8 Å². The number of methoxy groups -OCH3 is 1. The Morgan fingerprint density at radius 2 is 2.12 bits per heavy atom. The minimum atomic E-state index is -0.131. The zero-order chi connectivity index (χ0) is 23.5. The van der Waals surface area contributed by atoms with Crippen LogP contribution in [0.1, 0.15) is 37.6 Å². The van der Waals surface area contributed by atoms with Crippen LogP contribution in [0.25, 0.3) is 11.3 Å². The molecule has 1 aromatic carbocycles. The van der Waals surface area contributed by atoms with E-state index in [4.69, 9.17) is 14.1 Å². The Balaban J connectivity index is 1.63. The van der Waals surface area contributed by atoms with Crippen LogP contribution >= 0.6 is 0 Å². The van der Waals surface area contributed by atoms with E-state index in [0.717, 1.165) is 34.5 Å². The van der Waals surface area contributed by atoms with Crippen molar-refractivity contribution in [2.24, 2.45) is 5.92 Å². The first-order valence-corrected chi connectivity index (χ1v) is 11.2. The summed E-state index contributed by atoms with van der Waals surface area (Å²) in [6, 6.07) is 10.3. The fraction of sp³-hybridized carbons (Fsp3) is 0.400. The molecule has 8 heteroatoms. The fourth-order valence-electron chi connectivity index (χ4n) is 3.90. The number of carbonyl (C=O) groups is 1. The highest BCUT2D eigenvalue weighted by Gasteiger charge is 2.28. The molecule has 1 atom stereocenters. The van der Waals surface area contributed by atoms with Crippen molar-refractivity contribution in [1.82, 2.24) is 15.3 Å². The van der Waals surface area contributed by atoms with Crippen LogP contribution in [0.2, 0.25) is 0 Å². The minimum Gasteiger partial charge on any atom is -0.423 e. The Hall–Kier alpha value is -3.39. The SMILES string of the molecule is COCc1ccc(C)c(Nc2ncc(-c3cc(CC(C)C)nc(N4CC(C)NC4=O)c3)o2)c1. The van der Waals surface area contributed by atoms with Gasteiger partial charge in [0.2, 0.25) is 0 Å². The first-order chi connectivity index (χ1) is 15.8. The molecule has 1 unspecified atom stereocenters. The van der Waals surface area contributed by atoms with Gasteiger partial charge < -0.3 is 19.8 Å². The predicted molar refractivity (Wildman–Crippen MR) is 129 cm³/mol. The Labute approximate surface area is 194 Å². The second kappa shape index (κ2) is 9.62. The van der Waals surface area contributed by atoms with Gasteiger partial charge in [-0.05, 0) is 55.5 Å². The van der Waals surface area contributed by atoms with Gasteiger partial charge in [-0.2, -0.15) is 0 Å². The minimum absolute atomic E-state index is 0.0784. The lowest BCUT2D eigenvalue weighted by Crippen LogP contribution is -2.29. The number of aryl methyl sites for hydroxylation is 1. The molecule has 2 amide bonds. The van der Waals surface area contributed by atoms with Gasteiger partial charge in [-0.1, -0.05) is 26.0 Å². The van der Waals surface area contributed by atoms with E-state index < -0.39 is 0 Å². The summed E-state index contributed by atoms with van der Waals surface area (Å²) in [4.78, 5) is 23.3. The first-order valence-electron chi connectivity index (χ1n) is 11.2. The third-order valence-electron chi connectivity index (χ3n) is 5.48. The van der Waals surface area contributed by atoms with Gasteiger partial charge >= 0.3 is 6.03 Å². The van der Waals surface area contributed by atoms with Gasteiger partial charge in [0.15, 0.2) is 5.76 Å². The van der Waals surface area contributed by atoms with Crippen molar-refractivity contribution in [1.29, 1.82) is 0 Å². The third kappa shape index (κ3) is 5.34. The normalized spacial score (nSPS) is 15.9. The van der Waals surface area contributed by atoms with Gasteiger partial charge in [0, 0.05) is 36.6 Å². The highest BCUT2D eigenvalue weighted by molar-refractivity contribution is 5.94. The molecule has 174 valence electrons. The molecule has 0 bridgehead atoms. The van der Waals surface area contributed by atoms with E-state index >= 15 is 0 Å². The lowest BCUT2D eigenvalue weighted by atomic mass is 10.1. The number of pyridine rings is 1. The molecule has 0 spiro atoms. The summed E-state index contributed by atoms with van der Waals surface area (Å²) in [5.41, 5.74) is 4.81. The van der Waals surface area contributed by atoms with Gasteiger partial charge in [0.1, 0.15) is 5.82 Å². The van der Waals surface area contributed by atoms with Gasteiger partial charge in [-0.15, -0.1) is 0 Å². The number of rotatable bonds is 8. The summed E-state index contributed by atoms with van der Waals surface area (Å²) in [7, 11) is 1.68. The Morgan fingerprint density at radius 3 is 2.82 bits per heavy atom. The molecule has 0 aliphatic carbocycles. The van der Waals surface area contributed by atoms with E-state index in [2.05, 4.69) is 29.5 Å². The maximum atomic E-state index is 12.4. The lowest BCUT2D eigenvalue weighted by molar-refractivity contribution is 0.185. The lowest BCUT2D eigenvalue weighted by Gasteiger charge is -2.16. The van der Waals surface area contributed by atoms with E-state index in [1.54, 1.807) is 18.2 Å². The van der Waals surface area contributed by atoms with E-state index in [0.29, 0.717) is 36.7 Å². The zero-order valence-corrected chi connectivity index (χ0v) is 19.8. The van der Waals surface area contributed by atoms with E-state index in [1.165, 1.54) is 0 Å². The van der Waals surface area contributed by atoms with Crippen molar-refractivity contribution in [3.05, 3.63) is 53.3 Å². The number of benzene rings is 1. The highest BCUT2D eigenvalue weighted by atomic mass is 16.5. The number of hydrogen-bond acceptors (Lipinski definition) is 6. The molecule has 1 saturated heterocycles. The predicted octanol–water partition coefficient (Wildman–Crippen LogP) is 5.05. The molecule has 1 fully saturated rings. The van der Waals surface area contributed by atoms with Crippen LogP contribution in [0.4, 0.5) is 22.3 Å². The molecule has 2 aromatic heterocycles. The molecule has 0 saturated carbocycles. The number of ether oxygens (including phenoxy) is 1. The number of aromatic nitrogens is 2. The average molecular weight is 450 g/mol. The third-order valence-corrected chi connectivity index (χ3v) is 5.48. The molecule has 2 N–H and O–H groups in total. The van der Waals surface area contributed by atoms with Crippen LogP contribution < -0.4 is 15.5 Å². The van der Waals surface area contributed by atoms with Crippen molar-refractivity contribution >= 4 is 23.6 Å². The van der Waals surface area contributed by atoms with Crippen molar-refractivity contribution in [2.45, 2.75) is 46.8 Å². The van der Waals surface area contributed by atoms with Crippen molar-refractivity contribution in [3.63, 3.8) is 0 Å². The van der Waals surface area contributed by atoms with E-state index in [1.807, 2.05) is 44.2 Å². The molecule has 4 rings (SSSR count). The number of urea groups is 1. The second-order valence-electron chi connectivity index (χ2n) is 9.00. The fourth-order valence-corrected chi connectivity index (χ4v) is 3.90. The van der Waals surface area contributed by atoms with Crippen LogP contribution in [0.3, 0.4) is 0 Å².